The van der Waals surface area contributed by atoms with Gasteiger partial charge in [-0.15, -0.1) is 0 Å². The van der Waals surface area contributed by atoms with E-state index in [1.807, 2.05) is 0 Å². The second-order valence-corrected chi connectivity index (χ2v) is 9.82. The Labute approximate surface area is 131 Å². The fourth-order valence-electron chi connectivity index (χ4n) is 7.50. The topological polar surface area (TPSA) is 26.0 Å². The first-order valence-electron chi connectivity index (χ1n) is 9.70. The lowest BCUT2D eigenvalue weighted by molar-refractivity contribution is -0.122. The van der Waals surface area contributed by atoms with E-state index < -0.39 is 0 Å². The minimum atomic E-state index is 0.471. The van der Waals surface area contributed by atoms with E-state index in [-0.39, 0.29) is 0 Å². The summed E-state index contributed by atoms with van der Waals surface area (Å²) in [6.07, 6.45) is 13.3. The van der Waals surface area contributed by atoms with E-state index in [4.69, 9.17) is 5.73 Å². The van der Waals surface area contributed by atoms with Crippen molar-refractivity contribution in [3.63, 3.8) is 0 Å². The lowest BCUT2D eigenvalue weighted by Gasteiger charge is -2.62. The van der Waals surface area contributed by atoms with Crippen LogP contribution in [-0.4, -0.2) is 6.04 Å². The summed E-state index contributed by atoms with van der Waals surface area (Å²) in [6.45, 7) is 7.68. The van der Waals surface area contributed by atoms with Crippen molar-refractivity contribution in [1.82, 2.24) is 0 Å². The highest BCUT2D eigenvalue weighted by Gasteiger charge is 2.59. The van der Waals surface area contributed by atoms with E-state index >= 15 is 0 Å². The van der Waals surface area contributed by atoms with Crippen LogP contribution >= 0.6 is 0 Å². The van der Waals surface area contributed by atoms with E-state index in [9.17, 15) is 0 Å². The highest BCUT2D eigenvalue weighted by atomic mass is 14.7. The average molecular weight is 290 g/mol. The molecule has 2 N–H and O–H groups in total. The number of hydrogen-bond donors (Lipinski definition) is 1. The molecule has 21 heavy (non-hydrogen) atoms. The molecule has 120 valence electrons. The van der Waals surface area contributed by atoms with Crippen LogP contribution in [0.4, 0.5) is 0 Å². The quantitative estimate of drug-likeness (QED) is 0.668. The van der Waals surface area contributed by atoms with Crippen molar-refractivity contribution in [2.24, 2.45) is 46.2 Å². The molecule has 0 amide bonds. The Kier molecular flexibility index (Phi) is 3.27. The van der Waals surface area contributed by atoms with Crippen LogP contribution in [0.1, 0.15) is 78.6 Å². The van der Waals surface area contributed by atoms with Crippen LogP contribution in [0.2, 0.25) is 0 Å². The van der Waals surface area contributed by atoms with Gasteiger partial charge >= 0.3 is 0 Å². The molecule has 0 aromatic rings. The molecule has 0 saturated heterocycles. The summed E-state index contributed by atoms with van der Waals surface area (Å²) in [6, 6.07) is 0.471. The van der Waals surface area contributed by atoms with Gasteiger partial charge < -0.3 is 5.73 Å². The molecule has 0 bridgehead atoms. The molecule has 4 fully saturated rings. The fraction of sp³-hybridized carbons (Fsp3) is 1.00. The monoisotopic (exact) mass is 289 g/mol. The number of hydrogen-bond acceptors (Lipinski definition) is 1. The smallest absolute Gasteiger partial charge is 0.00675 e. The predicted molar refractivity (Wildman–Crippen MR) is 88.9 cm³/mol. The van der Waals surface area contributed by atoms with Gasteiger partial charge in [0, 0.05) is 6.04 Å². The van der Waals surface area contributed by atoms with Gasteiger partial charge in [0.1, 0.15) is 0 Å². The van der Waals surface area contributed by atoms with E-state index in [2.05, 4.69) is 20.8 Å². The van der Waals surface area contributed by atoms with Crippen molar-refractivity contribution < 1.29 is 0 Å². The molecule has 8 unspecified atom stereocenters. The maximum absolute atomic E-state index is 6.50. The van der Waals surface area contributed by atoms with Crippen molar-refractivity contribution in [1.29, 1.82) is 0 Å². The molecule has 0 aromatic heterocycles. The van der Waals surface area contributed by atoms with E-state index in [0.717, 1.165) is 29.6 Å². The van der Waals surface area contributed by atoms with Gasteiger partial charge in [0.05, 0.1) is 0 Å². The summed E-state index contributed by atoms with van der Waals surface area (Å²) in [5.74, 6) is 4.74. The Morgan fingerprint density at radius 1 is 0.857 bits per heavy atom. The predicted octanol–water partition coefficient (Wildman–Crippen LogP) is 4.99. The molecule has 8 atom stereocenters. The molecule has 4 rings (SSSR count). The zero-order chi connectivity index (χ0) is 14.8. The number of nitrogens with two attached hydrogens (primary N) is 1. The number of fused-ring (bicyclic) bond motifs is 5. The van der Waals surface area contributed by atoms with Gasteiger partial charge in [-0.25, -0.2) is 0 Å². The number of rotatable bonds is 0. The minimum Gasteiger partial charge on any atom is -0.327 e. The summed E-state index contributed by atoms with van der Waals surface area (Å²) >= 11 is 0. The maximum Gasteiger partial charge on any atom is 0.00675 e. The first kappa shape index (κ1) is 14.5. The third kappa shape index (κ3) is 1.98. The second-order valence-electron chi connectivity index (χ2n) is 9.82. The molecule has 0 aliphatic heterocycles. The lowest BCUT2D eigenvalue weighted by Crippen LogP contribution is -2.56. The standard InChI is InChI=1S/C20H35N/c1-13-11-14-6-7-16-15-5-4-8-19(15,2)9-10-20(16,3)17(14)12-18(13)21/h13-18H,4-12,21H2,1-3H3. The fourth-order valence-corrected chi connectivity index (χ4v) is 7.50. The summed E-state index contributed by atoms with van der Waals surface area (Å²) < 4.78 is 0. The molecule has 1 nitrogen and oxygen atoms in total. The van der Waals surface area contributed by atoms with Crippen LogP contribution in [0.15, 0.2) is 0 Å². The maximum atomic E-state index is 6.50. The van der Waals surface area contributed by atoms with Crippen LogP contribution < -0.4 is 5.73 Å². The Balaban J connectivity index is 1.64. The van der Waals surface area contributed by atoms with Crippen LogP contribution in [0, 0.1) is 40.4 Å². The van der Waals surface area contributed by atoms with Crippen molar-refractivity contribution in [3.05, 3.63) is 0 Å². The van der Waals surface area contributed by atoms with Gasteiger partial charge in [-0.3, -0.25) is 0 Å². The Morgan fingerprint density at radius 3 is 2.48 bits per heavy atom. The SMILES string of the molecule is CC1CC2CCC3C4CCCC4(C)CCC3(C)C2CC1N. The van der Waals surface area contributed by atoms with Crippen molar-refractivity contribution in [2.75, 3.05) is 0 Å². The zero-order valence-electron chi connectivity index (χ0n) is 14.4. The van der Waals surface area contributed by atoms with Gasteiger partial charge in [-0.1, -0.05) is 27.2 Å². The van der Waals surface area contributed by atoms with Gasteiger partial charge in [-0.05, 0) is 91.8 Å². The van der Waals surface area contributed by atoms with E-state index in [1.165, 1.54) is 57.8 Å². The first-order chi connectivity index (χ1) is 9.94. The van der Waals surface area contributed by atoms with Crippen molar-refractivity contribution in [2.45, 2.75) is 84.6 Å². The average Bonchev–Trinajstić information content (AvgIpc) is 2.83. The largest absolute Gasteiger partial charge is 0.327 e. The van der Waals surface area contributed by atoms with Crippen LogP contribution in [-0.2, 0) is 0 Å². The van der Waals surface area contributed by atoms with Crippen molar-refractivity contribution in [3.8, 4) is 0 Å². The molecular weight excluding hydrogens is 254 g/mol. The Morgan fingerprint density at radius 2 is 1.67 bits per heavy atom. The molecule has 0 spiro atoms. The van der Waals surface area contributed by atoms with E-state index in [0.29, 0.717) is 16.9 Å². The second kappa shape index (κ2) is 4.73. The van der Waals surface area contributed by atoms with Crippen LogP contribution in [0.25, 0.3) is 0 Å². The highest BCUT2D eigenvalue weighted by Crippen LogP contribution is 2.67. The summed E-state index contributed by atoms with van der Waals surface area (Å²) in [5, 5.41) is 0. The third-order valence-electron chi connectivity index (χ3n) is 8.92. The minimum absolute atomic E-state index is 0.471. The van der Waals surface area contributed by atoms with Gasteiger partial charge in [-0.2, -0.15) is 0 Å². The Bertz CT molecular complexity index is 418. The van der Waals surface area contributed by atoms with Crippen molar-refractivity contribution >= 4 is 0 Å². The summed E-state index contributed by atoms with van der Waals surface area (Å²) in [5.41, 5.74) is 7.81. The van der Waals surface area contributed by atoms with Gasteiger partial charge in [0.2, 0.25) is 0 Å². The first-order valence-corrected chi connectivity index (χ1v) is 9.70. The Hall–Kier alpha value is -0.0400. The van der Waals surface area contributed by atoms with Gasteiger partial charge in [0.15, 0.2) is 0 Å². The third-order valence-corrected chi connectivity index (χ3v) is 8.92. The molecule has 1 heteroatoms. The molecule has 0 radical (unpaired) electrons. The normalized spacial score (nSPS) is 60.0. The van der Waals surface area contributed by atoms with Gasteiger partial charge in [0.25, 0.3) is 0 Å². The van der Waals surface area contributed by atoms with E-state index in [1.54, 1.807) is 0 Å². The highest BCUT2D eigenvalue weighted by molar-refractivity contribution is 5.09. The van der Waals surface area contributed by atoms with Crippen LogP contribution in [0.5, 0.6) is 0 Å². The molecule has 0 aromatic carbocycles. The summed E-state index contributed by atoms with van der Waals surface area (Å²) in [4.78, 5) is 0. The van der Waals surface area contributed by atoms with Crippen LogP contribution in [0.3, 0.4) is 0 Å². The lowest BCUT2D eigenvalue weighted by atomic mass is 9.43. The summed E-state index contributed by atoms with van der Waals surface area (Å²) in [7, 11) is 0. The molecule has 0 heterocycles. The molecule has 4 saturated carbocycles. The zero-order valence-corrected chi connectivity index (χ0v) is 14.4. The molecular formula is C20H35N. The molecule has 4 aliphatic rings. The molecule has 4 aliphatic carbocycles.